The van der Waals surface area contributed by atoms with Crippen molar-refractivity contribution >= 4 is 49.5 Å². The standard InChI is InChI=1S/C16H14BrIN2O2/c1-9-10(3-2-4-12(9)17)14-7-11-15(22-14)13(18)8-20(5-6-21)16(11)19/h2-4,7-8,19,21H,5-6H2,1H3. The third kappa shape index (κ3) is 2.63. The highest BCUT2D eigenvalue weighted by molar-refractivity contribution is 14.1. The largest absolute Gasteiger partial charge is 0.455 e. The molecule has 2 heterocycles. The van der Waals surface area contributed by atoms with Gasteiger partial charge >= 0.3 is 0 Å². The minimum absolute atomic E-state index is 0.00752. The number of benzene rings is 1. The Morgan fingerprint density at radius 1 is 1.41 bits per heavy atom. The normalized spacial score (nSPS) is 11.3. The number of nitrogens with zero attached hydrogens (tertiary/aromatic N) is 1. The second kappa shape index (κ2) is 6.17. The number of aliphatic hydroxyl groups excluding tert-OH is 1. The van der Waals surface area contributed by atoms with Gasteiger partial charge in [0.05, 0.1) is 15.6 Å². The molecule has 3 rings (SSSR count). The van der Waals surface area contributed by atoms with E-state index in [9.17, 15) is 0 Å². The Labute approximate surface area is 149 Å². The van der Waals surface area contributed by atoms with Crippen LogP contribution in [0.3, 0.4) is 0 Å². The van der Waals surface area contributed by atoms with Crippen LogP contribution in [0.1, 0.15) is 5.56 Å². The summed E-state index contributed by atoms with van der Waals surface area (Å²) < 4.78 is 9.70. The Morgan fingerprint density at radius 3 is 2.91 bits per heavy atom. The highest BCUT2D eigenvalue weighted by Crippen LogP contribution is 2.33. The molecule has 0 spiro atoms. The van der Waals surface area contributed by atoms with Gasteiger partial charge in [0.15, 0.2) is 5.58 Å². The molecule has 4 nitrogen and oxygen atoms in total. The van der Waals surface area contributed by atoms with Crippen molar-refractivity contribution in [3.05, 3.63) is 49.6 Å². The van der Waals surface area contributed by atoms with E-state index in [1.54, 1.807) is 4.57 Å². The second-order valence-corrected chi connectivity index (χ2v) is 7.03. The van der Waals surface area contributed by atoms with Gasteiger partial charge in [-0.15, -0.1) is 0 Å². The van der Waals surface area contributed by atoms with E-state index in [0.29, 0.717) is 17.6 Å². The van der Waals surface area contributed by atoms with Gasteiger partial charge < -0.3 is 14.1 Å². The number of pyridine rings is 1. The Morgan fingerprint density at radius 2 is 2.18 bits per heavy atom. The number of nitrogens with one attached hydrogen (secondary N) is 1. The second-order valence-electron chi connectivity index (χ2n) is 5.01. The maximum atomic E-state index is 9.12. The number of fused-ring (bicyclic) bond motifs is 1. The van der Waals surface area contributed by atoms with E-state index < -0.39 is 0 Å². The number of hydrogen-bond acceptors (Lipinski definition) is 3. The van der Waals surface area contributed by atoms with Gasteiger partial charge in [0.1, 0.15) is 11.2 Å². The molecule has 6 heteroatoms. The smallest absolute Gasteiger partial charge is 0.153 e. The van der Waals surface area contributed by atoms with E-state index in [1.165, 1.54) is 0 Å². The quantitative estimate of drug-likeness (QED) is 0.565. The summed E-state index contributed by atoms with van der Waals surface area (Å²) in [6, 6.07) is 7.88. The van der Waals surface area contributed by atoms with Crippen LogP contribution in [0.4, 0.5) is 0 Å². The molecule has 3 aromatic rings. The Hall–Kier alpha value is -1.12. The summed E-state index contributed by atoms with van der Waals surface area (Å²) in [5, 5.41) is 18.2. The van der Waals surface area contributed by atoms with Gasteiger partial charge in [-0.1, -0.05) is 28.1 Å². The fourth-order valence-corrected chi connectivity index (χ4v) is 3.55. The molecule has 1 aromatic carbocycles. The summed E-state index contributed by atoms with van der Waals surface area (Å²) >= 11 is 5.74. The summed E-state index contributed by atoms with van der Waals surface area (Å²) in [6.45, 7) is 2.44. The predicted octanol–water partition coefficient (Wildman–Crippen LogP) is 4.05. The van der Waals surface area contributed by atoms with Crippen LogP contribution in [0.15, 0.2) is 39.4 Å². The van der Waals surface area contributed by atoms with Crippen molar-refractivity contribution < 1.29 is 9.52 Å². The van der Waals surface area contributed by atoms with Crippen molar-refractivity contribution in [1.82, 2.24) is 4.57 Å². The lowest BCUT2D eigenvalue weighted by molar-refractivity contribution is 0.273. The molecular formula is C16H14BrIN2O2. The average molecular weight is 473 g/mol. The maximum Gasteiger partial charge on any atom is 0.153 e. The minimum atomic E-state index is 0.00752. The summed E-state index contributed by atoms with van der Waals surface area (Å²) in [6.07, 6.45) is 1.84. The first-order chi connectivity index (χ1) is 10.5. The van der Waals surface area contributed by atoms with Crippen molar-refractivity contribution in [2.75, 3.05) is 6.61 Å². The van der Waals surface area contributed by atoms with Gasteiger partial charge in [0.25, 0.3) is 0 Å². The van der Waals surface area contributed by atoms with Crippen LogP contribution in [0, 0.1) is 15.9 Å². The highest BCUT2D eigenvalue weighted by Gasteiger charge is 2.14. The summed E-state index contributed by atoms with van der Waals surface area (Å²) in [4.78, 5) is 0. The summed E-state index contributed by atoms with van der Waals surface area (Å²) in [5.41, 5.74) is 3.18. The molecule has 2 aromatic heterocycles. The molecule has 22 heavy (non-hydrogen) atoms. The van der Waals surface area contributed by atoms with Gasteiger partial charge in [-0.2, -0.15) is 0 Å². The molecule has 2 N–H and O–H groups in total. The van der Waals surface area contributed by atoms with E-state index in [-0.39, 0.29) is 6.61 Å². The molecule has 0 unspecified atom stereocenters. The van der Waals surface area contributed by atoms with E-state index in [1.807, 2.05) is 37.4 Å². The molecule has 0 aliphatic carbocycles. The third-order valence-electron chi connectivity index (χ3n) is 3.63. The van der Waals surface area contributed by atoms with E-state index in [2.05, 4.69) is 38.5 Å². The zero-order valence-corrected chi connectivity index (χ0v) is 15.6. The van der Waals surface area contributed by atoms with E-state index in [4.69, 9.17) is 14.9 Å². The Bertz CT molecular complexity index is 914. The van der Waals surface area contributed by atoms with Crippen molar-refractivity contribution in [1.29, 1.82) is 5.41 Å². The lowest BCUT2D eigenvalue weighted by Crippen LogP contribution is -2.21. The van der Waals surface area contributed by atoms with Gasteiger partial charge in [-0.25, -0.2) is 0 Å². The van der Waals surface area contributed by atoms with Crippen LogP contribution in [0.5, 0.6) is 0 Å². The molecule has 0 saturated heterocycles. The number of hydrogen-bond donors (Lipinski definition) is 2. The van der Waals surface area contributed by atoms with Gasteiger partial charge in [0, 0.05) is 22.8 Å². The fraction of sp³-hybridized carbons (Fsp3) is 0.188. The molecule has 0 amide bonds. The number of halogens is 2. The highest BCUT2D eigenvalue weighted by atomic mass is 127. The number of furan rings is 1. The fourth-order valence-electron chi connectivity index (χ4n) is 2.45. The molecule has 0 atom stereocenters. The molecule has 0 aliphatic heterocycles. The number of aliphatic hydroxyl groups is 1. The van der Waals surface area contributed by atoms with Gasteiger partial charge in [-0.3, -0.25) is 5.41 Å². The lowest BCUT2D eigenvalue weighted by atomic mass is 10.1. The van der Waals surface area contributed by atoms with Gasteiger partial charge in [0.2, 0.25) is 0 Å². The molecule has 0 bridgehead atoms. The first-order valence-corrected chi connectivity index (χ1v) is 8.63. The molecule has 0 radical (unpaired) electrons. The number of aromatic nitrogens is 1. The Balaban J connectivity index is 2.26. The topological polar surface area (TPSA) is 62.2 Å². The zero-order chi connectivity index (χ0) is 15.9. The SMILES string of the molecule is Cc1c(Br)cccc1-c1cc2c(=N)n(CCO)cc(I)c2o1. The summed E-state index contributed by atoms with van der Waals surface area (Å²) in [5.74, 6) is 0.752. The zero-order valence-electron chi connectivity index (χ0n) is 11.9. The van der Waals surface area contributed by atoms with E-state index in [0.717, 1.165) is 30.3 Å². The molecule has 0 fully saturated rings. The maximum absolute atomic E-state index is 9.12. The van der Waals surface area contributed by atoms with E-state index >= 15 is 0 Å². The Kier molecular flexibility index (Phi) is 4.42. The monoisotopic (exact) mass is 472 g/mol. The van der Waals surface area contributed by atoms with Crippen molar-refractivity contribution in [2.24, 2.45) is 0 Å². The first kappa shape index (κ1) is 15.8. The molecular weight excluding hydrogens is 459 g/mol. The third-order valence-corrected chi connectivity index (χ3v) is 5.26. The summed E-state index contributed by atoms with van der Waals surface area (Å²) in [7, 11) is 0. The molecule has 114 valence electrons. The van der Waals surface area contributed by atoms with Crippen LogP contribution >= 0.6 is 38.5 Å². The van der Waals surface area contributed by atoms with Crippen LogP contribution < -0.4 is 5.49 Å². The predicted molar refractivity (Wildman–Crippen MR) is 97.7 cm³/mol. The minimum Gasteiger partial charge on any atom is -0.455 e. The first-order valence-electron chi connectivity index (χ1n) is 6.76. The van der Waals surface area contributed by atoms with Crippen molar-refractivity contribution in [2.45, 2.75) is 13.5 Å². The van der Waals surface area contributed by atoms with Crippen LogP contribution in [0.2, 0.25) is 0 Å². The molecule has 0 aliphatic rings. The van der Waals surface area contributed by atoms with Crippen molar-refractivity contribution in [3.63, 3.8) is 0 Å². The van der Waals surface area contributed by atoms with Crippen LogP contribution in [-0.4, -0.2) is 16.3 Å². The lowest BCUT2D eigenvalue weighted by Gasteiger charge is -2.05. The average Bonchev–Trinajstić information content (AvgIpc) is 2.93. The number of rotatable bonds is 3. The van der Waals surface area contributed by atoms with Crippen molar-refractivity contribution in [3.8, 4) is 11.3 Å². The van der Waals surface area contributed by atoms with Gasteiger partial charge in [-0.05, 0) is 47.2 Å². The molecule has 0 saturated carbocycles. The van der Waals surface area contributed by atoms with Crippen LogP contribution in [-0.2, 0) is 6.54 Å². The van der Waals surface area contributed by atoms with Crippen LogP contribution in [0.25, 0.3) is 22.3 Å².